The molecule has 19 heavy (non-hydrogen) atoms. The zero-order valence-corrected chi connectivity index (χ0v) is 14.1. The summed E-state index contributed by atoms with van der Waals surface area (Å²) < 4.78 is 5.37. The summed E-state index contributed by atoms with van der Waals surface area (Å²) in [5.41, 5.74) is -0.377. The molecule has 2 atom stereocenters. The first-order valence-corrected chi connectivity index (χ1v) is 7.45. The molecule has 3 nitrogen and oxygen atoms in total. The second kappa shape index (κ2) is 7.88. The third-order valence-corrected chi connectivity index (χ3v) is 3.70. The molecule has 0 saturated carbocycles. The number of esters is 1. The van der Waals surface area contributed by atoms with Crippen molar-refractivity contribution in [2.75, 3.05) is 13.6 Å². The lowest BCUT2D eigenvalue weighted by Crippen LogP contribution is -2.30. The number of carbonyl (C=O) groups is 1. The van der Waals surface area contributed by atoms with Crippen LogP contribution in [0.5, 0.6) is 0 Å². The van der Waals surface area contributed by atoms with Gasteiger partial charge in [0.1, 0.15) is 5.60 Å². The van der Waals surface area contributed by atoms with Crippen molar-refractivity contribution in [1.82, 2.24) is 4.90 Å². The van der Waals surface area contributed by atoms with Gasteiger partial charge in [-0.05, 0) is 66.5 Å². The minimum Gasteiger partial charge on any atom is -0.460 e. The van der Waals surface area contributed by atoms with Crippen molar-refractivity contribution in [3.05, 3.63) is 0 Å². The zero-order valence-electron chi connectivity index (χ0n) is 14.1. The SMILES string of the molecule is CC(CCN(C)C(C)C)C(C)CC(=O)OC(C)(C)C. The van der Waals surface area contributed by atoms with Gasteiger partial charge in [-0.2, -0.15) is 0 Å². The molecule has 0 fully saturated rings. The van der Waals surface area contributed by atoms with E-state index < -0.39 is 0 Å². The van der Waals surface area contributed by atoms with E-state index >= 15 is 0 Å². The molecule has 0 aromatic heterocycles. The molecule has 0 aromatic rings. The van der Waals surface area contributed by atoms with Crippen LogP contribution in [0.15, 0.2) is 0 Å². The Hall–Kier alpha value is -0.570. The number of ether oxygens (including phenoxy) is 1. The van der Waals surface area contributed by atoms with Crippen molar-refractivity contribution in [3.63, 3.8) is 0 Å². The average Bonchev–Trinajstić information content (AvgIpc) is 2.21. The van der Waals surface area contributed by atoms with Crippen LogP contribution in [-0.2, 0) is 9.53 Å². The highest BCUT2D eigenvalue weighted by Gasteiger charge is 2.21. The first-order valence-electron chi connectivity index (χ1n) is 7.45. The normalized spacial score (nSPS) is 15.7. The lowest BCUT2D eigenvalue weighted by Gasteiger charge is -2.26. The smallest absolute Gasteiger partial charge is 0.306 e. The molecule has 0 heterocycles. The summed E-state index contributed by atoms with van der Waals surface area (Å²) in [5.74, 6) is 0.827. The summed E-state index contributed by atoms with van der Waals surface area (Å²) in [7, 11) is 2.15. The van der Waals surface area contributed by atoms with E-state index in [1.807, 2.05) is 20.8 Å². The van der Waals surface area contributed by atoms with Gasteiger partial charge in [0.2, 0.25) is 0 Å². The Bertz CT molecular complexity index is 268. The Labute approximate surface area is 119 Å². The fraction of sp³-hybridized carbons (Fsp3) is 0.938. The van der Waals surface area contributed by atoms with E-state index in [-0.39, 0.29) is 11.6 Å². The van der Waals surface area contributed by atoms with Crippen molar-refractivity contribution in [2.24, 2.45) is 11.8 Å². The zero-order chi connectivity index (χ0) is 15.2. The molecule has 2 unspecified atom stereocenters. The van der Waals surface area contributed by atoms with Crippen LogP contribution in [0.4, 0.5) is 0 Å². The topological polar surface area (TPSA) is 29.5 Å². The Kier molecular flexibility index (Phi) is 7.65. The van der Waals surface area contributed by atoms with Crippen LogP contribution in [0.1, 0.15) is 61.3 Å². The van der Waals surface area contributed by atoms with Gasteiger partial charge in [-0.15, -0.1) is 0 Å². The van der Waals surface area contributed by atoms with E-state index in [4.69, 9.17) is 4.74 Å². The van der Waals surface area contributed by atoms with Crippen LogP contribution in [0.25, 0.3) is 0 Å². The van der Waals surface area contributed by atoms with Crippen LogP contribution in [0.2, 0.25) is 0 Å². The largest absolute Gasteiger partial charge is 0.460 e. The molecule has 0 amide bonds. The quantitative estimate of drug-likeness (QED) is 0.661. The number of hydrogen-bond donors (Lipinski definition) is 0. The van der Waals surface area contributed by atoms with Gasteiger partial charge in [-0.1, -0.05) is 13.8 Å². The average molecular weight is 271 g/mol. The van der Waals surface area contributed by atoms with Crippen molar-refractivity contribution >= 4 is 5.97 Å². The summed E-state index contributed by atoms with van der Waals surface area (Å²) in [6.07, 6.45) is 1.64. The Morgan fingerprint density at radius 1 is 1.11 bits per heavy atom. The molecular weight excluding hydrogens is 238 g/mol. The maximum absolute atomic E-state index is 11.8. The van der Waals surface area contributed by atoms with E-state index in [9.17, 15) is 4.79 Å². The van der Waals surface area contributed by atoms with Crippen LogP contribution in [-0.4, -0.2) is 36.1 Å². The summed E-state index contributed by atoms with van der Waals surface area (Å²) in [4.78, 5) is 14.1. The van der Waals surface area contributed by atoms with Crippen molar-refractivity contribution in [2.45, 2.75) is 73.0 Å². The molecule has 0 aliphatic rings. The van der Waals surface area contributed by atoms with Crippen LogP contribution >= 0.6 is 0 Å². The Balaban J connectivity index is 4.06. The van der Waals surface area contributed by atoms with Crippen LogP contribution < -0.4 is 0 Å². The number of rotatable bonds is 7. The molecule has 3 heteroatoms. The molecule has 0 saturated heterocycles. The second-order valence-corrected chi connectivity index (χ2v) is 7.11. The molecule has 0 aliphatic heterocycles. The minimum atomic E-state index is -0.377. The van der Waals surface area contributed by atoms with Crippen LogP contribution in [0, 0.1) is 11.8 Å². The summed E-state index contributed by atoms with van der Waals surface area (Å²) in [6.45, 7) is 15.6. The molecule has 0 rings (SSSR count). The van der Waals surface area contributed by atoms with Gasteiger partial charge in [-0.3, -0.25) is 4.79 Å². The highest BCUT2D eigenvalue weighted by atomic mass is 16.6. The first-order chi connectivity index (χ1) is 8.53. The maximum atomic E-state index is 11.8. The fourth-order valence-corrected chi connectivity index (χ4v) is 1.80. The van der Waals surface area contributed by atoms with Crippen molar-refractivity contribution < 1.29 is 9.53 Å². The van der Waals surface area contributed by atoms with E-state index in [1.54, 1.807) is 0 Å². The molecular formula is C16H33NO2. The Morgan fingerprint density at radius 3 is 2.05 bits per heavy atom. The highest BCUT2D eigenvalue weighted by Crippen LogP contribution is 2.21. The summed E-state index contributed by atoms with van der Waals surface area (Å²) in [6, 6.07) is 0.577. The van der Waals surface area contributed by atoms with Gasteiger partial charge in [0, 0.05) is 12.5 Å². The third kappa shape index (κ3) is 9.04. The van der Waals surface area contributed by atoms with Gasteiger partial charge in [-0.25, -0.2) is 0 Å². The number of hydrogen-bond acceptors (Lipinski definition) is 3. The van der Waals surface area contributed by atoms with Gasteiger partial charge >= 0.3 is 5.97 Å². The summed E-state index contributed by atoms with van der Waals surface area (Å²) >= 11 is 0. The lowest BCUT2D eigenvalue weighted by molar-refractivity contribution is -0.156. The maximum Gasteiger partial charge on any atom is 0.306 e. The highest BCUT2D eigenvalue weighted by molar-refractivity contribution is 5.70. The van der Waals surface area contributed by atoms with E-state index in [1.165, 1.54) is 0 Å². The lowest BCUT2D eigenvalue weighted by atomic mass is 9.90. The standard InChI is InChI=1S/C16H33NO2/c1-12(2)17(8)10-9-13(3)14(4)11-15(18)19-16(5,6)7/h12-14H,9-11H2,1-8H3. The van der Waals surface area contributed by atoms with Gasteiger partial charge in [0.05, 0.1) is 0 Å². The molecule has 114 valence electrons. The molecule has 0 radical (unpaired) electrons. The Morgan fingerprint density at radius 2 is 1.63 bits per heavy atom. The van der Waals surface area contributed by atoms with E-state index in [0.29, 0.717) is 24.3 Å². The van der Waals surface area contributed by atoms with Crippen LogP contribution in [0.3, 0.4) is 0 Å². The molecule has 0 aromatic carbocycles. The number of nitrogens with zero attached hydrogens (tertiary/aromatic N) is 1. The third-order valence-electron chi connectivity index (χ3n) is 3.70. The predicted octanol–water partition coefficient (Wildman–Crippen LogP) is 3.72. The van der Waals surface area contributed by atoms with E-state index in [0.717, 1.165) is 13.0 Å². The number of carbonyl (C=O) groups excluding carboxylic acids is 1. The molecule has 0 N–H and O–H groups in total. The van der Waals surface area contributed by atoms with Crippen molar-refractivity contribution in [3.8, 4) is 0 Å². The van der Waals surface area contributed by atoms with Crippen molar-refractivity contribution in [1.29, 1.82) is 0 Å². The second-order valence-electron chi connectivity index (χ2n) is 7.11. The predicted molar refractivity (Wildman–Crippen MR) is 81.2 cm³/mol. The minimum absolute atomic E-state index is 0.0796. The molecule has 0 spiro atoms. The van der Waals surface area contributed by atoms with E-state index in [2.05, 4.69) is 39.6 Å². The first kappa shape index (κ1) is 18.4. The van der Waals surface area contributed by atoms with Gasteiger partial charge in [0.15, 0.2) is 0 Å². The monoisotopic (exact) mass is 271 g/mol. The molecule has 0 bridgehead atoms. The summed E-state index contributed by atoms with van der Waals surface area (Å²) in [5, 5.41) is 0. The van der Waals surface area contributed by atoms with Gasteiger partial charge < -0.3 is 9.64 Å². The van der Waals surface area contributed by atoms with Gasteiger partial charge in [0.25, 0.3) is 0 Å². The fourth-order valence-electron chi connectivity index (χ4n) is 1.80. The molecule has 0 aliphatic carbocycles.